The van der Waals surface area contributed by atoms with Gasteiger partial charge in [0.2, 0.25) is 5.78 Å². The van der Waals surface area contributed by atoms with E-state index in [-0.39, 0.29) is 5.78 Å². The van der Waals surface area contributed by atoms with Gasteiger partial charge in [-0.05, 0) is 33.3 Å². The van der Waals surface area contributed by atoms with E-state index in [1.807, 2.05) is 30.9 Å². The van der Waals surface area contributed by atoms with E-state index in [9.17, 15) is 4.79 Å². The lowest BCUT2D eigenvalue weighted by molar-refractivity contribution is 0.102. The molecule has 0 N–H and O–H groups in total. The van der Waals surface area contributed by atoms with Crippen molar-refractivity contribution in [2.45, 2.75) is 33.7 Å². The van der Waals surface area contributed by atoms with Crippen molar-refractivity contribution in [3.63, 3.8) is 0 Å². The average molecular weight is 286 g/mol. The Hall–Kier alpha value is -2.30. The molecule has 0 aliphatic rings. The van der Waals surface area contributed by atoms with Crippen molar-refractivity contribution in [1.82, 2.24) is 18.9 Å². The van der Waals surface area contributed by atoms with Crippen molar-refractivity contribution in [2.75, 3.05) is 0 Å². The molecule has 0 spiro atoms. The molecular formula is C16H22N4O. The van der Waals surface area contributed by atoms with Crippen LogP contribution in [0, 0.1) is 0 Å². The Kier molecular flexibility index (Phi) is 4.02. The monoisotopic (exact) mass is 286 g/mol. The van der Waals surface area contributed by atoms with Gasteiger partial charge in [-0.15, -0.1) is 0 Å². The zero-order chi connectivity index (χ0) is 15.7. The molecule has 0 saturated heterocycles. The number of imidazole rings is 1. The van der Waals surface area contributed by atoms with Crippen LogP contribution in [0.5, 0.6) is 0 Å². The van der Waals surface area contributed by atoms with Crippen LogP contribution in [0.2, 0.25) is 0 Å². The van der Waals surface area contributed by atoms with Crippen LogP contribution in [-0.2, 0) is 7.05 Å². The number of hydrogen-bond donors (Lipinski definition) is 0. The first-order valence-electron chi connectivity index (χ1n) is 6.99. The van der Waals surface area contributed by atoms with Crippen molar-refractivity contribution < 1.29 is 4.79 Å². The van der Waals surface area contributed by atoms with Crippen molar-refractivity contribution in [3.05, 3.63) is 48.3 Å². The third-order valence-corrected chi connectivity index (χ3v) is 3.78. The highest BCUT2D eigenvalue weighted by molar-refractivity contribution is 6.09. The third kappa shape index (κ3) is 2.63. The lowest BCUT2D eigenvalue weighted by Crippen LogP contribution is -2.22. The fraction of sp³-hybridized carbons (Fsp3) is 0.375. The molecule has 0 aliphatic heterocycles. The zero-order valence-corrected chi connectivity index (χ0v) is 13.3. The number of carbonyl (C=O) groups excluding carboxylic acids is 1. The molecule has 2 aromatic rings. The molecule has 2 heterocycles. The number of allylic oxidation sites excluding steroid dienone is 3. The topological polar surface area (TPSA) is 44.8 Å². The molecule has 21 heavy (non-hydrogen) atoms. The standard InChI is InChI=1S/C16H22N4O/c1-11(2)19-9-10-20(19)14(5)12(3)13(4)15(21)16-17-7-8-18(16)6/h7-11H,4H2,1-3,5-6H3/b14-12+. The maximum Gasteiger partial charge on any atom is 0.228 e. The second kappa shape index (κ2) is 5.60. The highest BCUT2D eigenvalue weighted by Gasteiger charge is 2.18. The van der Waals surface area contributed by atoms with Crippen LogP contribution < -0.4 is 0 Å². The van der Waals surface area contributed by atoms with Crippen LogP contribution in [-0.4, -0.2) is 24.7 Å². The van der Waals surface area contributed by atoms with Gasteiger partial charge in [0, 0.05) is 49.1 Å². The first-order valence-corrected chi connectivity index (χ1v) is 6.99. The number of aryl methyl sites for hydroxylation is 1. The summed E-state index contributed by atoms with van der Waals surface area (Å²) in [6, 6.07) is 0.372. The summed E-state index contributed by atoms with van der Waals surface area (Å²) in [6.07, 6.45) is 7.37. The molecule has 2 rings (SSSR count). The molecule has 0 fully saturated rings. The van der Waals surface area contributed by atoms with Crippen LogP contribution in [0.25, 0.3) is 5.70 Å². The van der Waals surface area contributed by atoms with E-state index in [2.05, 4.69) is 30.1 Å². The maximum absolute atomic E-state index is 12.4. The minimum atomic E-state index is -0.139. The summed E-state index contributed by atoms with van der Waals surface area (Å²) in [6.45, 7) is 12.1. The Balaban J connectivity index is 2.31. The summed E-state index contributed by atoms with van der Waals surface area (Å²) >= 11 is 0. The molecule has 0 aliphatic carbocycles. The van der Waals surface area contributed by atoms with Gasteiger partial charge in [-0.1, -0.05) is 6.58 Å². The first kappa shape index (κ1) is 15.1. The van der Waals surface area contributed by atoms with Crippen molar-refractivity contribution in [1.29, 1.82) is 0 Å². The number of carbonyl (C=O) groups is 1. The summed E-state index contributed by atoms with van der Waals surface area (Å²) in [7, 11) is 1.80. The summed E-state index contributed by atoms with van der Waals surface area (Å²) in [5, 5.41) is 0. The number of Topliss-reactive ketones (excluding diaryl/α,β-unsaturated/α-hetero) is 1. The predicted molar refractivity (Wildman–Crippen MR) is 84.0 cm³/mol. The highest BCUT2D eigenvalue weighted by Crippen LogP contribution is 2.22. The van der Waals surface area contributed by atoms with Crippen LogP contribution in [0.3, 0.4) is 0 Å². The van der Waals surface area contributed by atoms with Crippen LogP contribution in [0.1, 0.15) is 44.4 Å². The second-order valence-electron chi connectivity index (χ2n) is 5.50. The second-order valence-corrected chi connectivity index (χ2v) is 5.50. The van der Waals surface area contributed by atoms with Crippen molar-refractivity contribution >= 4 is 11.5 Å². The molecule has 5 nitrogen and oxygen atoms in total. The van der Waals surface area contributed by atoms with E-state index in [0.29, 0.717) is 17.4 Å². The lowest BCUT2D eigenvalue weighted by atomic mass is 10.0. The van der Waals surface area contributed by atoms with Crippen molar-refractivity contribution in [2.24, 2.45) is 7.05 Å². The largest absolute Gasteiger partial charge is 0.331 e. The molecule has 0 amide bonds. The quantitative estimate of drug-likeness (QED) is 0.481. The van der Waals surface area contributed by atoms with Gasteiger partial charge in [-0.3, -0.25) is 14.2 Å². The van der Waals surface area contributed by atoms with Gasteiger partial charge < -0.3 is 4.57 Å². The maximum atomic E-state index is 12.4. The Morgan fingerprint density at radius 2 is 1.90 bits per heavy atom. The fourth-order valence-electron chi connectivity index (χ4n) is 2.20. The lowest BCUT2D eigenvalue weighted by Gasteiger charge is -2.26. The van der Waals surface area contributed by atoms with E-state index >= 15 is 0 Å². The van der Waals surface area contributed by atoms with Gasteiger partial charge >= 0.3 is 0 Å². The molecule has 0 saturated carbocycles. The van der Waals surface area contributed by atoms with Gasteiger partial charge in [0.05, 0.1) is 0 Å². The molecule has 2 aromatic heterocycles. The van der Waals surface area contributed by atoms with E-state index in [1.54, 1.807) is 24.0 Å². The van der Waals surface area contributed by atoms with Crippen LogP contribution in [0.4, 0.5) is 0 Å². The molecule has 112 valence electrons. The SMILES string of the molecule is C=C(C(=O)c1nccn1C)/C(C)=C(\C)n1ccn1C(C)C. The minimum absolute atomic E-state index is 0.139. The normalized spacial score (nSPS) is 12.7. The predicted octanol–water partition coefficient (Wildman–Crippen LogP) is 3.29. The Bertz CT molecular complexity index is 709. The minimum Gasteiger partial charge on any atom is -0.331 e. The summed E-state index contributed by atoms with van der Waals surface area (Å²) < 4.78 is 5.86. The van der Waals surface area contributed by atoms with Gasteiger partial charge in [0.1, 0.15) is 0 Å². The molecule has 0 aromatic carbocycles. The van der Waals surface area contributed by atoms with E-state index in [0.717, 1.165) is 11.3 Å². The summed E-state index contributed by atoms with van der Waals surface area (Å²) in [5.41, 5.74) is 2.35. The Morgan fingerprint density at radius 3 is 2.33 bits per heavy atom. The molecule has 0 radical (unpaired) electrons. The highest BCUT2D eigenvalue weighted by atomic mass is 16.1. The Labute approximate surface area is 125 Å². The molecule has 0 unspecified atom stereocenters. The zero-order valence-electron chi connectivity index (χ0n) is 13.3. The number of ketones is 1. The molecule has 5 heteroatoms. The molecule has 0 atom stereocenters. The van der Waals surface area contributed by atoms with E-state index in [1.165, 1.54) is 0 Å². The van der Waals surface area contributed by atoms with Gasteiger partial charge in [-0.25, -0.2) is 4.98 Å². The van der Waals surface area contributed by atoms with E-state index < -0.39 is 0 Å². The number of hydrogen-bond acceptors (Lipinski definition) is 2. The van der Waals surface area contributed by atoms with Crippen LogP contribution in [0.15, 0.2) is 42.5 Å². The van der Waals surface area contributed by atoms with Gasteiger partial charge in [0.25, 0.3) is 0 Å². The van der Waals surface area contributed by atoms with Gasteiger partial charge in [-0.2, -0.15) is 0 Å². The number of rotatable bonds is 5. The first-order chi connectivity index (χ1) is 9.84. The number of nitrogens with zero attached hydrogens (tertiary/aromatic N) is 4. The van der Waals surface area contributed by atoms with Crippen molar-refractivity contribution in [3.8, 4) is 0 Å². The molecular weight excluding hydrogens is 264 g/mol. The van der Waals surface area contributed by atoms with Gasteiger partial charge in [0.15, 0.2) is 5.82 Å². The Morgan fingerprint density at radius 1 is 1.24 bits per heavy atom. The van der Waals surface area contributed by atoms with Crippen LogP contribution >= 0.6 is 0 Å². The third-order valence-electron chi connectivity index (χ3n) is 3.78. The molecule has 0 bridgehead atoms. The smallest absolute Gasteiger partial charge is 0.228 e. The summed E-state index contributed by atoms with van der Waals surface area (Å²) in [5.74, 6) is 0.270. The number of aromatic nitrogens is 4. The summed E-state index contributed by atoms with van der Waals surface area (Å²) in [4.78, 5) is 16.5. The fourth-order valence-corrected chi connectivity index (χ4v) is 2.20. The average Bonchev–Trinajstić information content (AvgIpc) is 2.80. The van der Waals surface area contributed by atoms with E-state index in [4.69, 9.17) is 0 Å².